The van der Waals surface area contributed by atoms with Gasteiger partial charge in [-0.2, -0.15) is 0 Å². The summed E-state index contributed by atoms with van der Waals surface area (Å²) in [7, 11) is 5.07. The molecule has 1 fully saturated rings. The van der Waals surface area contributed by atoms with E-state index in [1.807, 2.05) is 6.07 Å². The maximum atomic E-state index is 11.9. The first-order valence-electron chi connectivity index (χ1n) is 7.55. The SMILES string of the molecule is COc1ccncc1CN1CCCC(O)(CC(=O)N(C)C)C1. The number of nitrogens with zero attached hydrogens (tertiary/aromatic N) is 3. The molecule has 0 spiro atoms. The van der Waals surface area contributed by atoms with Gasteiger partial charge < -0.3 is 14.7 Å². The monoisotopic (exact) mass is 307 g/mol. The van der Waals surface area contributed by atoms with E-state index in [1.165, 1.54) is 4.90 Å². The third-order valence-corrected chi connectivity index (χ3v) is 4.09. The van der Waals surface area contributed by atoms with E-state index in [1.54, 1.807) is 33.6 Å². The highest BCUT2D eigenvalue weighted by molar-refractivity contribution is 5.76. The van der Waals surface area contributed by atoms with Crippen molar-refractivity contribution in [3.05, 3.63) is 24.0 Å². The summed E-state index contributed by atoms with van der Waals surface area (Å²) in [6.45, 7) is 2.05. The summed E-state index contributed by atoms with van der Waals surface area (Å²) in [4.78, 5) is 19.7. The zero-order valence-corrected chi connectivity index (χ0v) is 13.6. The Hall–Kier alpha value is -1.66. The zero-order valence-electron chi connectivity index (χ0n) is 13.6. The number of aromatic nitrogens is 1. The van der Waals surface area contributed by atoms with Crippen molar-refractivity contribution in [2.24, 2.45) is 0 Å². The summed E-state index contributed by atoms with van der Waals surface area (Å²) in [6.07, 6.45) is 5.19. The number of hydrogen-bond donors (Lipinski definition) is 1. The molecule has 1 atom stereocenters. The average molecular weight is 307 g/mol. The zero-order chi connectivity index (χ0) is 16.2. The Morgan fingerprint density at radius 1 is 1.55 bits per heavy atom. The van der Waals surface area contributed by atoms with E-state index in [4.69, 9.17) is 4.74 Å². The number of ether oxygens (including phenoxy) is 1. The van der Waals surface area contributed by atoms with Gasteiger partial charge in [0.1, 0.15) is 5.75 Å². The predicted molar refractivity (Wildman–Crippen MR) is 83.6 cm³/mol. The first kappa shape index (κ1) is 16.7. The third-order valence-electron chi connectivity index (χ3n) is 4.09. The van der Waals surface area contributed by atoms with E-state index < -0.39 is 5.60 Å². The lowest BCUT2D eigenvalue weighted by Gasteiger charge is -2.39. The number of rotatable bonds is 5. The lowest BCUT2D eigenvalue weighted by molar-refractivity contribution is -0.136. The van der Waals surface area contributed by atoms with Crippen molar-refractivity contribution in [3.63, 3.8) is 0 Å². The Bertz CT molecular complexity index is 521. The Labute approximate surface area is 131 Å². The van der Waals surface area contributed by atoms with Gasteiger partial charge in [0, 0.05) is 45.1 Å². The van der Waals surface area contributed by atoms with Gasteiger partial charge in [0.25, 0.3) is 0 Å². The van der Waals surface area contributed by atoms with Gasteiger partial charge in [0.05, 0.1) is 19.1 Å². The van der Waals surface area contributed by atoms with Crippen LogP contribution in [0.5, 0.6) is 5.75 Å². The van der Waals surface area contributed by atoms with E-state index in [0.717, 1.165) is 24.3 Å². The lowest BCUT2D eigenvalue weighted by Crippen LogP contribution is -2.50. The normalized spacial score (nSPS) is 22.4. The number of hydrogen-bond acceptors (Lipinski definition) is 5. The number of amides is 1. The van der Waals surface area contributed by atoms with Gasteiger partial charge in [0.2, 0.25) is 5.91 Å². The van der Waals surface area contributed by atoms with Crippen molar-refractivity contribution in [1.29, 1.82) is 0 Å². The summed E-state index contributed by atoms with van der Waals surface area (Å²) in [5.74, 6) is 0.761. The molecule has 1 aromatic rings. The number of carbonyl (C=O) groups excluding carboxylic acids is 1. The fourth-order valence-corrected chi connectivity index (χ4v) is 2.90. The molecule has 0 radical (unpaired) electrons. The second-order valence-corrected chi connectivity index (χ2v) is 6.19. The maximum Gasteiger partial charge on any atom is 0.224 e. The highest BCUT2D eigenvalue weighted by Crippen LogP contribution is 2.27. The van der Waals surface area contributed by atoms with Crippen molar-refractivity contribution >= 4 is 5.91 Å². The van der Waals surface area contributed by atoms with Crippen LogP contribution in [-0.2, 0) is 11.3 Å². The molecular formula is C16H25N3O3. The molecule has 6 heteroatoms. The summed E-state index contributed by atoms with van der Waals surface area (Å²) >= 11 is 0. The number of β-amino-alcohol motifs (C(OH)–C–C–N with tert-alkyl or cyclic N) is 1. The fourth-order valence-electron chi connectivity index (χ4n) is 2.90. The molecule has 0 saturated carbocycles. The second-order valence-electron chi connectivity index (χ2n) is 6.19. The Kier molecular flexibility index (Phi) is 5.37. The van der Waals surface area contributed by atoms with E-state index >= 15 is 0 Å². The van der Waals surface area contributed by atoms with Crippen molar-refractivity contribution in [3.8, 4) is 5.75 Å². The van der Waals surface area contributed by atoms with Gasteiger partial charge in [-0.3, -0.25) is 14.7 Å². The molecule has 0 aliphatic carbocycles. The molecule has 1 aliphatic rings. The van der Waals surface area contributed by atoms with Crippen LogP contribution < -0.4 is 4.74 Å². The van der Waals surface area contributed by atoms with Crippen LogP contribution in [0.1, 0.15) is 24.8 Å². The number of carbonyl (C=O) groups is 1. The van der Waals surface area contributed by atoms with Gasteiger partial charge in [-0.25, -0.2) is 0 Å². The predicted octanol–water partition coefficient (Wildman–Crippen LogP) is 0.895. The molecule has 6 nitrogen and oxygen atoms in total. The van der Waals surface area contributed by atoms with E-state index in [0.29, 0.717) is 19.5 Å². The quantitative estimate of drug-likeness (QED) is 0.875. The van der Waals surface area contributed by atoms with Gasteiger partial charge in [-0.15, -0.1) is 0 Å². The van der Waals surface area contributed by atoms with Gasteiger partial charge in [-0.1, -0.05) is 0 Å². The number of piperidine rings is 1. The molecule has 1 saturated heterocycles. The molecule has 1 amide bonds. The van der Waals surface area contributed by atoms with Crippen LogP contribution in [0.15, 0.2) is 18.5 Å². The summed E-state index contributed by atoms with van der Waals surface area (Å²) in [6, 6.07) is 1.83. The molecule has 1 N–H and O–H groups in total. The molecule has 2 heterocycles. The fraction of sp³-hybridized carbons (Fsp3) is 0.625. The topological polar surface area (TPSA) is 65.9 Å². The minimum atomic E-state index is -0.949. The molecule has 0 bridgehead atoms. The minimum absolute atomic E-state index is 0.0386. The first-order valence-corrected chi connectivity index (χ1v) is 7.55. The van der Waals surface area contributed by atoms with Crippen LogP contribution in [0.4, 0.5) is 0 Å². The average Bonchev–Trinajstić information content (AvgIpc) is 2.47. The van der Waals surface area contributed by atoms with E-state index in [2.05, 4.69) is 9.88 Å². The van der Waals surface area contributed by atoms with Crippen LogP contribution in [0.25, 0.3) is 0 Å². The van der Waals surface area contributed by atoms with Crippen LogP contribution >= 0.6 is 0 Å². The van der Waals surface area contributed by atoms with Crippen LogP contribution in [0, 0.1) is 0 Å². The van der Waals surface area contributed by atoms with Crippen molar-refractivity contribution in [2.45, 2.75) is 31.4 Å². The van der Waals surface area contributed by atoms with Crippen LogP contribution in [0.2, 0.25) is 0 Å². The number of aliphatic hydroxyl groups is 1. The maximum absolute atomic E-state index is 11.9. The largest absolute Gasteiger partial charge is 0.496 e. The second kappa shape index (κ2) is 7.07. The molecule has 22 heavy (non-hydrogen) atoms. The van der Waals surface area contributed by atoms with Crippen LogP contribution in [-0.4, -0.2) is 65.7 Å². The first-order chi connectivity index (χ1) is 10.4. The van der Waals surface area contributed by atoms with Gasteiger partial charge >= 0.3 is 0 Å². The van der Waals surface area contributed by atoms with E-state index in [-0.39, 0.29) is 12.3 Å². The minimum Gasteiger partial charge on any atom is -0.496 e. The lowest BCUT2D eigenvalue weighted by atomic mass is 9.89. The van der Waals surface area contributed by atoms with Crippen molar-refractivity contribution in [1.82, 2.24) is 14.8 Å². The Morgan fingerprint density at radius 2 is 2.32 bits per heavy atom. The smallest absolute Gasteiger partial charge is 0.224 e. The van der Waals surface area contributed by atoms with Gasteiger partial charge in [0.15, 0.2) is 0 Å². The number of pyridine rings is 1. The van der Waals surface area contributed by atoms with Gasteiger partial charge in [-0.05, 0) is 25.5 Å². The summed E-state index contributed by atoms with van der Waals surface area (Å²) in [5.41, 5.74) is 0.0443. The van der Waals surface area contributed by atoms with Crippen LogP contribution in [0.3, 0.4) is 0 Å². The summed E-state index contributed by atoms with van der Waals surface area (Å²) in [5, 5.41) is 10.7. The molecule has 1 aliphatic heterocycles. The molecule has 122 valence electrons. The Morgan fingerprint density at radius 3 is 3.00 bits per heavy atom. The number of methoxy groups -OCH3 is 1. The molecule has 1 unspecified atom stereocenters. The van der Waals surface area contributed by atoms with E-state index in [9.17, 15) is 9.90 Å². The third kappa shape index (κ3) is 4.18. The molecule has 2 rings (SSSR count). The van der Waals surface area contributed by atoms with Crippen molar-refractivity contribution < 1.29 is 14.6 Å². The highest BCUT2D eigenvalue weighted by atomic mass is 16.5. The standard InChI is InChI=1S/C16H25N3O3/c1-18(2)15(20)9-16(21)6-4-8-19(12-16)11-13-10-17-7-5-14(13)22-3/h5,7,10,21H,4,6,8-9,11-12H2,1-3H3. The molecule has 0 aromatic carbocycles. The molecule has 1 aromatic heterocycles. The highest BCUT2D eigenvalue weighted by Gasteiger charge is 2.35. The number of likely N-dealkylation sites (tertiary alicyclic amines) is 1. The molecular weight excluding hydrogens is 282 g/mol. The Balaban J connectivity index is 2.02. The summed E-state index contributed by atoms with van der Waals surface area (Å²) < 4.78 is 5.34. The van der Waals surface area contributed by atoms with Crippen molar-refractivity contribution in [2.75, 3.05) is 34.3 Å².